The number of carbonyl (C=O) groups excluding carboxylic acids is 1. The molecule has 0 unspecified atom stereocenters. The van der Waals surface area contributed by atoms with Crippen molar-refractivity contribution in [1.82, 2.24) is 20.3 Å². The van der Waals surface area contributed by atoms with E-state index in [4.69, 9.17) is 0 Å². The summed E-state index contributed by atoms with van der Waals surface area (Å²) in [6.45, 7) is 1.84. The molecule has 2 N–H and O–H groups in total. The standard InChI is InChI=1S/C14H17N5O/c20-11-1-3-14(18-11)4-7-19(8-5-14)13-12-10(2-6-15-12)16-9-17-13/h2,6,9,15H,1,3-5,7-8H2,(H,18,20). The van der Waals surface area contributed by atoms with E-state index in [0.29, 0.717) is 6.42 Å². The molecule has 0 radical (unpaired) electrons. The molecule has 4 heterocycles. The van der Waals surface area contributed by atoms with Crippen LogP contribution in [0.25, 0.3) is 11.0 Å². The zero-order chi connectivity index (χ0) is 13.6. The maximum atomic E-state index is 11.5. The number of nitrogens with one attached hydrogen (secondary N) is 2. The maximum Gasteiger partial charge on any atom is 0.220 e. The van der Waals surface area contributed by atoms with E-state index in [1.165, 1.54) is 0 Å². The zero-order valence-electron chi connectivity index (χ0n) is 11.2. The van der Waals surface area contributed by atoms with Crippen molar-refractivity contribution in [3.63, 3.8) is 0 Å². The van der Waals surface area contributed by atoms with Crippen LogP contribution in [0.5, 0.6) is 0 Å². The molecule has 0 aliphatic carbocycles. The van der Waals surface area contributed by atoms with Crippen LogP contribution in [0, 0.1) is 0 Å². The van der Waals surface area contributed by atoms with Crippen LogP contribution in [0.2, 0.25) is 0 Å². The van der Waals surface area contributed by atoms with Crippen molar-refractivity contribution in [3.8, 4) is 0 Å². The van der Waals surface area contributed by atoms with Crippen molar-refractivity contribution >= 4 is 22.8 Å². The SMILES string of the molecule is O=C1CCC2(CCN(c3ncnc4cc[nH]c34)CC2)N1. The van der Waals surface area contributed by atoms with Gasteiger partial charge in [0, 0.05) is 31.2 Å². The summed E-state index contributed by atoms with van der Waals surface area (Å²) in [6.07, 6.45) is 7.14. The fourth-order valence-electron chi connectivity index (χ4n) is 3.39. The Morgan fingerprint density at radius 3 is 2.80 bits per heavy atom. The number of anilines is 1. The van der Waals surface area contributed by atoms with Crippen molar-refractivity contribution in [3.05, 3.63) is 18.6 Å². The molecule has 6 heteroatoms. The number of carbonyl (C=O) groups is 1. The number of fused-ring (bicyclic) bond motifs is 1. The van der Waals surface area contributed by atoms with Gasteiger partial charge in [-0.1, -0.05) is 0 Å². The van der Waals surface area contributed by atoms with E-state index in [9.17, 15) is 4.79 Å². The summed E-state index contributed by atoms with van der Waals surface area (Å²) in [5.74, 6) is 1.17. The molecular formula is C14H17N5O. The Morgan fingerprint density at radius 1 is 1.20 bits per heavy atom. The van der Waals surface area contributed by atoms with Crippen LogP contribution >= 0.6 is 0 Å². The fourth-order valence-corrected chi connectivity index (χ4v) is 3.39. The van der Waals surface area contributed by atoms with E-state index in [1.807, 2.05) is 12.3 Å². The number of rotatable bonds is 1. The van der Waals surface area contributed by atoms with Crippen LogP contribution in [-0.2, 0) is 4.79 Å². The molecule has 0 aromatic carbocycles. The average molecular weight is 271 g/mol. The van der Waals surface area contributed by atoms with E-state index < -0.39 is 0 Å². The molecule has 2 aliphatic heterocycles. The van der Waals surface area contributed by atoms with E-state index >= 15 is 0 Å². The normalized spacial score (nSPS) is 21.6. The quantitative estimate of drug-likeness (QED) is 0.817. The van der Waals surface area contributed by atoms with E-state index in [0.717, 1.165) is 49.2 Å². The van der Waals surface area contributed by atoms with Gasteiger partial charge in [-0.2, -0.15) is 0 Å². The van der Waals surface area contributed by atoms with Gasteiger partial charge >= 0.3 is 0 Å². The van der Waals surface area contributed by atoms with Crippen LogP contribution in [0.15, 0.2) is 18.6 Å². The Hall–Kier alpha value is -2.11. The van der Waals surface area contributed by atoms with Gasteiger partial charge in [0.25, 0.3) is 0 Å². The number of aromatic amines is 1. The van der Waals surface area contributed by atoms with E-state index in [-0.39, 0.29) is 11.4 Å². The van der Waals surface area contributed by atoms with E-state index in [2.05, 4.69) is 25.2 Å². The maximum absolute atomic E-state index is 11.5. The number of nitrogens with zero attached hydrogens (tertiary/aromatic N) is 3. The van der Waals surface area contributed by atoms with Crippen LogP contribution in [0.3, 0.4) is 0 Å². The summed E-state index contributed by atoms with van der Waals surface area (Å²) in [5.41, 5.74) is 1.98. The summed E-state index contributed by atoms with van der Waals surface area (Å²) >= 11 is 0. The monoisotopic (exact) mass is 271 g/mol. The first kappa shape index (κ1) is 11.7. The number of aromatic nitrogens is 3. The molecule has 0 atom stereocenters. The van der Waals surface area contributed by atoms with Gasteiger partial charge in [0.05, 0.1) is 5.52 Å². The Bertz CT molecular complexity index is 656. The minimum absolute atomic E-state index is 0.0372. The number of H-pyrrole nitrogens is 1. The Labute approximate surface area is 116 Å². The third-order valence-electron chi connectivity index (χ3n) is 4.58. The molecule has 2 fully saturated rings. The molecule has 104 valence electrons. The molecule has 0 bridgehead atoms. The highest BCUT2D eigenvalue weighted by Gasteiger charge is 2.40. The lowest BCUT2D eigenvalue weighted by molar-refractivity contribution is -0.119. The summed E-state index contributed by atoms with van der Waals surface area (Å²) in [7, 11) is 0. The lowest BCUT2D eigenvalue weighted by Crippen LogP contribution is -2.51. The third-order valence-corrected chi connectivity index (χ3v) is 4.58. The van der Waals surface area contributed by atoms with Crippen molar-refractivity contribution in [1.29, 1.82) is 0 Å². The summed E-state index contributed by atoms with van der Waals surface area (Å²) in [4.78, 5) is 25.6. The number of piperidine rings is 1. The summed E-state index contributed by atoms with van der Waals surface area (Å²) in [5, 5.41) is 3.17. The lowest BCUT2D eigenvalue weighted by Gasteiger charge is -2.39. The lowest BCUT2D eigenvalue weighted by atomic mass is 9.86. The molecule has 1 amide bonds. The van der Waals surface area contributed by atoms with Crippen LogP contribution in [-0.4, -0.2) is 39.5 Å². The molecule has 1 spiro atoms. The van der Waals surface area contributed by atoms with Crippen molar-refractivity contribution in [2.24, 2.45) is 0 Å². The molecule has 2 aromatic rings. The van der Waals surface area contributed by atoms with Crippen LogP contribution < -0.4 is 10.2 Å². The molecule has 0 saturated carbocycles. The van der Waals surface area contributed by atoms with Gasteiger partial charge in [0.1, 0.15) is 11.8 Å². The summed E-state index contributed by atoms with van der Waals surface area (Å²) < 4.78 is 0. The largest absolute Gasteiger partial charge is 0.357 e. The minimum atomic E-state index is 0.0372. The first-order chi connectivity index (χ1) is 9.76. The van der Waals surface area contributed by atoms with Gasteiger partial charge in [0.15, 0.2) is 5.82 Å². The molecule has 2 saturated heterocycles. The first-order valence-corrected chi connectivity index (χ1v) is 7.10. The summed E-state index contributed by atoms with van der Waals surface area (Å²) in [6, 6.07) is 1.96. The Balaban J connectivity index is 1.57. The highest BCUT2D eigenvalue weighted by atomic mass is 16.2. The highest BCUT2D eigenvalue weighted by Crippen LogP contribution is 2.33. The first-order valence-electron chi connectivity index (χ1n) is 7.10. The molecule has 4 rings (SSSR count). The van der Waals surface area contributed by atoms with Crippen LogP contribution in [0.1, 0.15) is 25.7 Å². The second-order valence-corrected chi connectivity index (χ2v) is 5.75. The molecule has 6 nitrogen and oxygen atoms in total. The second kappa shape index (κ2) is 4.19. The molecule has 2 aromatic heterocycles. The number of amides is 1. The Morgan fingerprint density at radius 2 is 2.05 bits per heavy atom. The smallest absolute Gasteiger partial charge is 0.220 e. The van der Waals surface area contributed by atoms with Gasteiger partial charge in [-0.05, 0) is 25.3 Å². The molecule has 2 aliphatic rings. The molecular weight excluding hydrogens is 254 g/mol. The Kier molecular flexibility index (Phi) is 2.45. The van der Waals surface area contributed by atoms with E-state index in [1.54, 1.807) is 6.33 Å². The second-order valence-electron chi connectivity index (χ2n) is 5.75. The zero-order valence-corrected chi connectivity index (χ0v) is 11.2. The third kappa shape index (κ3) is 1.75. The minimum Gasteiger partial charge on any atom is -0.357 e. The van der Waals surface area contributed by atoms with Crippen molar-refractivity contribution in [2.75, 3.05) is 18.0 Å². The average Bonchev–Trinajstić information content (AvgIpc) is 3.07. The molecule has 20 heavy (non-hydrogen) atoms. The highest BCUT2D eigenvalue weighted by molar-refractivity contribution is 5.86. The predicted octanol–water partition coefficient (Wildman–Crippen LogP) is 1.21. The van der Waals surface area contributed by atoms with Gasteiger partial charge in [0.2, 0.25) is 5.91 Å². The predicted molar refractivity (Wildman–Crippen MR) is 75.4 cm³/mol. The number of hydrogen-bond acceptors (Lipinski definition) is 4. The van der Waals surface area contributed by atoms with Gasteiger partial charge < -0.3 is 15.2 Å². The van der Waals surface area contributed by atoms with Crippen molar-refractivity contribution < 1.29 is 4.79 Å². The fraction of sp³-hybridized carbons (Fsp3) is 0.500. The van der Waals surface area contributed by atoms with Gasteiger partial charge in [-0.15, -0.1) is 0 Å². The van der Waals surface area contributed by atoms with Crippen LogP contribution in [0.4, 0.5) is 5.82 Å². The van der Waals surface area contributed by atoms with Crippen molar-refractivity contribution in [2.45, 2.75) is 31.2 Å². The topological polar surface area (TPSA) is 73.9 Å². The van der Waals surface area contributed by atoms with Gasteiger partial charge in [-0.3, -0.25) is 4.79 Å². The number of hydrogen-bond donors (Lipinski definition) is 2. The van der Waals surface area contributed by atoms with Gasteiger partial charge in [-0.25, -0.2) is 9.97 Å².